The third-order valence-corrected chi connectivity index (χ3v) is 3.43. The van der Waals surface area contributed by atoms with Crippen LogP contribution in [0.5, 0.6) is 5.88 Å². The fraction of sp³-hybridized carbons (Fsp3) is 0.462. The lowest BCUT2D eigenvalue weighted by atomic mass is 10.1. The van der Waals surface area contributed by atoms with Gasteiger partial charge in [-0.15, -0.1) is 0 Å². The number of hydrogen-bond donors (Lipinski definition) is 0. The summed E-state index contributed by atoms with van der Waals surface area (Å²) in [5.74, 6) is 1.55. The van der Waals surface area contributed by atoms with Gasteiger partial charge in [-0.2, -0.15) is 17.0 Å². The molecule has 0 radical (unpaired) electrons. The number of carbonyl (C=O) groups is 1. The summed E-state index contributed by atoms with van der Waals surface area (Å²) in [4.78, 5) is 15.3. The minimum absolute atomic E-state index is 0.00701. The SMILES string of the molecule is CCSC(CC(C)=O)c1ccc(OCC#N)nc1. The van der Waals surface area contributed by atoms with E-state index in [1.165, 1.54) is 0 Å². The molecule has 0 spiro atoms. The molecule has 1 atom stereocenters. The van der Waals surface area contributed by atoms with Gasteiger partial charge in [-0.05, 0) is 18.2 Å². The van der Waals surface area contributed by atoms with Gasteiger partial charge in [0.15, 0.2) is 6.61 Å². The highest BCUT2D eigenvalue weighted by molar-refractivity contribution is 7.99. The van der Waals surface area contributed by atoms with E-state index in [1.54, 1.807) is 30.9 Å². The van der Waals surface area contributed by atoms with Crippen LogP contribution < -0.4 is 4.74 Å². The number of aromatic nitrogens is 1. The number of pyridine rings is 1. The molecule has 0 aromatic carbocycles. The smallest absolute Gasteiger partial charge is 0.214 e. The zero-order valence-electron chi connectivity index (χ0n) is 10.5. The number of hydrogen-bond acceptors (Lipinski definition) is 5. The van der Waals surface area contributed by atoms with Crippen molar-refractivity contribution in [1.82, 2.24) is 4.98 Å². The van der Waals surface area contributed by atoms with Crippen molar-refractivity contribution in [3.63, 3.8) is 0 Å². The van der Waals surface area contributed by atoms with Crippen LogP contribution in [0.3, 0.4) is 0 Å². The fourth-order valence-electron chi connectivity index (χ4n) is 1.51. The van der Waals surface area contributed by atoms with Crippen LogP contribution in [-0.2, 0) is 4.79 Å². The molecule has 0 saturated carbocycles. The molecule has 18 heavy (non-hydrogen) atoms. The Morgan fingerprint density at radius 2 is 2.39 bits per heavy atom. The lowest BCUT2D eigenvalue weighted by molar-refractivity contribution is -0.117. The van der Waals surface area contributed by atoms with E-state index in [1.807, 2.05) is 12.1 Å². The van der Waals surface area contributed by atoms with Crippen LogP contribution in [0, 0.1) is 11.3 Å². The molecule has 0 fully saturated rings. The molecule has 1 rings (SSSR count). The van der Waals surface area contributed by atoms with E-state index in [0.29, 0.717) is 12.3 Å². The summed E-state index contributed by atoms with van der Waals surface area (Å²) < 4.78 is 5.08. The van der Waals surface area contributed by atoms with Gasteiger partial charge < -0.3 is 4.74 Å². The Kier molecular flexibility index (Phi) is 6.23. The van der Waals surface area contributed by atoms with Gasteiger partial charge in [-0.25, -0.2) is 4.98 Å². The molecule has 0 aliphatic carbocycles. The highest BCUT2D eigenvalue weighted by atomic mass is 32.2. The van der Waals surface area contributed by atoms with Crippen LogP contribution in [0.1, 0.15) is 31.1 Å². The molecular weight excluding hydrogens is 248 g/mol. The van der Waals surface area contributed by atoms with Crippen molar-refractivity contribution >= 4 is 17.5 Å². The van der Waals surface area contributed by atoms with Crippen LogP contribution in [0.4, 0.5) is 0 Å². The zero-order chi connectivity index (χ0) is 13.4. The first kappa shape index (κ1) is 14.5. The van der Waals surface area contributed by atoms with E-state index in [9.17, 15) is 4.79 Å². The van der Waals surface area contributed by atoms with Crippen LogP contribution in [0.25, 0.3) is 0 Å². The third kappa shape index (κ3) is 4.76. The maximum atomic E-state index is 11.2. The maximum Gasteiger partial charge on any atom is 0.214 e. The number of rotatable bonds is 7. The summed E-state index contributed by atoms with van der Waals surface area (Å²) in [6.07, 6.45) is 2.22. The molecule has 0 aliphatic heterocycles. The summed E-state index contributed by atoms with van der Waals surface area (Å²) in [7, 11) is 0. The first-order valence-corrected chi connectivity index (χ1v) is 6.79. The lowest BCUT2D eigenvalue weighted by Gasteiger charge is -2.14. The second-order valence-electron chi connectivity index (χ2n) is 3.73. The van der Waals surface area contributed by atoms with Crippen LogP contribution in [0.15, 0.2) is 18.3 Å². The molecule has 96 valence electrons. The topological polar surface area (TPSA) is 63.0 Å². The Hall–Kier alpha value is -1.54. The van der Waals surface area contributed by atoms with Crippen molar-refractivity contribution in [3.05, 3.63) is 23.9 Å². The predicted molar refractivity (Wildman–Crippen MR) is 71.5 cm³/mol. The van der Waals surface area contributed by atoms with Crippen molar-refractivity contribution in [2.45, 2.75) is 25.5 Å². The Morgan fingerprint density at radius 3 is 2.89 bits per heavy atom. The summed E-state index contributed by atoms with van der Waals surface area (Å²) in [5.41, 5.74) is 1.02. The molecule has 0 N–H and O–H groups in total. The predicted octanol–water partition coefficient (Wildman–Crippen LogP) is 2.76. The van der Waals surface area contributed by atoms with Crippen molar-refractivity contribution < 1.29 is 9.53 Å². The van der Waals surface area contributed by atoms with E-state index in [0.717, 1.165) is 11.3 Å². The molecule has 1 aromatic rings. The average Bonchev–Trinajstić information content (AvgIpc) is 2.36. The van der Waals surface area contributed by atoms with Crippen molar-refractivity contribution in [2.75, 3.05) is 12.4 Å². The van der Waals surface area contributed by atoms with Crippen molar-refractivity contribution in [1.29, 1.82) is 5.26 Å². The standard InChI is InChI=1S/C13H16N2O2S/c1-3-18-12(8-10(2)16)11-4-5-13(15-9-11)17-7-6-14/h4-5,9,12H,3,7-8H2,1-2H3. The Balaban J connectivity index is 2.73. The van der Waals surface area contributed by atoms with Crippen LogP contribution in [0.2, 0.25) is 0 Å². The third-order valence-electron chi connectivity index (χ3n) is 2.26. The van der Waals surface area contributed by atoms with Crippen molar-refractivity contribution in [3.8, 4) is 11.9 Å². The quantitative estimate of drug-likeness (QED) is 0.757. The molecular formula is C13H16N2O2S. The number of ether oxygens (including phenoxy) is 1. The average molecular weight is 264 g/mol. The molecule has 0 bridgehead atoms. The normalized spacial score (nSPS) is 11.6. The number of nitriles is 1. The summed E-state index contributed by atoms with van der Waals surface area (Å²) in [6, 6.07) is 5.52. The van der Waals surface area contributed by atoms with Gasteiger partial charge >= 0.3 is 0 Å². The van der Waals surface area contributed by atoms with Gasteiger partial charge in [-0.3, -0.25) is 4.79 Å². The van der Waals surface area contributed by atoms with Gasteiger partial charge in [0.1, 0.15) is 11.9 Å². The number of carbonyl (C=O) groups excluding carboxylic acids is 1. The van der Waals surface area contributed by atoms with Gasteiger partial charge in [-0.1, -0.05) is 13.0 Å². The molecule has 1 heterocycles. The number of ketones is 1. The first-order valence-electron chi connectivity index (χ1n) is 5.74. The van der Waals surface area contributed by atoms with Gasteiger partial charge in [0.25, 0.3) is 0 Å². The largest absolute Gasteiger partial charge is 0.462 e. The first-order chi connectivity index (χ1) is 8.67. The van der Waals surface area contributed by atoms with E-state index in [-0.39, 0.29) is 17.6 Å². The second kappa shape index (κ2) is 7.72. The minimum Gasteiger partial charge on any atom is -0.462 e. The molecule has 0 saturated heterocycles. The number of Topliss-reactive ketones (excluding diaryl/α,β-unsaturated/α-hetero) is 1. The summed E-state index contributed by atoms with van der Waals surface area (Å²) >= 11 is 1.73. The summed E-state index contributed by atoms with van der Waals surface area (Å²) in [5, 5.41) is 8.54. The highest BCUT2D eigenvalue weighted by Gasteiger charge is 2.14. The highest BCUT2D eigenvalue weighted by Crippen LogP contribution is 2.32. The molecule has 5 heteroatoms. The molecule has 1 unspecified atom stereocenters. The van der Waals surface area contributed by atoms with Gasteiger partial charge in [0.05, 0.1) is 0 Å². The zero-order valence-corrected chi connectivity index (χ0v) is 11.4. The van der Waals surface area contributed by atoms with E-state index in [4.69, 9.17) is 10.00 Å². The number of nitrogens with zero attached hydrogens (tertiary/aromatic N) is 2. The van der Waals surface area contributed by atoms with Crippen LogP contribution >= 0.6 is 11.8 Å². The van der Waals surface area contributed by atoms with Gasteiger partial charge in [0, 0.05) is 23.9 Å². The van der Waals surface area contributed by atoms with E-state index >= 15 is 0 Å². The lowest BCUT2D eigenvalue weighted by Crippen LogP contribution is -2.03. The minimum atomic E-state index is -0.00701. The van der Waals surface area contributed by atoms with E-state index < -0.39 is 0 Å². The van der Waals surface area contributed by atoms with Gasteiger partial charge in [0.2, 0.25) is 5.88 Å². The summed E-state index contributed by atoms with van der Waals surface area (Å²) in [6.45, 7) is 3.66. The molecule has 0 aliphatic rings. The Labute approximate surface area is 111 Å². The monoisotopic (exact) mass is 264 g/mol. The fourth-order valence-corrected chi connectivity index (χ4v) is 2.60. The molecule has 0 amide bonds. The van der Waals surface area contributed by atoms with E-state index in [2.05, 4.69) is 11.9 Å². The number of thioether (sulfide) groups is 1. The van der Waals surface area contributed by atoms with Crippen molar-refractivity contribution in [2.24, 2.45) is 0 Å². The van der Waals surface area contributed by atoms with Crippen LogP contribution in [-0.4, -0.2) is 23.1 Å². The Bertz CT molecular complexity index is 426. The Morgan fingerprint density at radius 1 is 1.61 bits per heavy atom. The maximum absolute atomic E-state index is 11.2. The molecule has 4 nitrogen and oxygen atoms in total. The molecule has 1 aromatic heterocycles. The second-order valence-corrected chi connectivity index (χ2v) is 5.21.